The van der Waals surface area contributed by atoms with E-state index in [-0.39, 0.29) is 11.6 Å². The van der Waals surface area contributed by atoms with Gasteiger partial charge in [-0.15, -0.1) is 0 Å². The molecule has 1 aliphatic rings. The Morgan fingerprint density at radius 2 is 2.00 bits per heavy atom. The van der Waals surface area contributed by atoms with E-state index in [9.17, 15) is 0 Å². The first-order chi connectivity index (χ1) is 9.14. The summed E-state index contributed by atoms with van der Waals surface area (Å²) in [5, 5.41) is 1.12. The summed E-state index contributed by atoms with van der Waals surface area (Å²) in [6.07, 6.45) is 4.39. The van der Waals surface area contributed by atoms with E-state index in [1.807, 2.05) is 6.07 Å². The monoisotopic (exact) mass is 259 g/mol. The quantitative estimate of drug-likeness (QED) is 0.914. The lowest BCUT2D eigenvalue weighted by molar-refractivity contribution is -0.0309. The van der Waals surface area contributed by atoms with E-state index in [4.69, 9.17) is 14.9 Å². The van der Waals surface area contributed by atoms with Gasteiger partial charge in [0.15, 0.2) is 0 Å². The van der Waals surface area contributed by atoms with Crippen molar-refractivity contribution in [2.75, 3.05) is 7.11 Å². The minimum atomic E-state index is -0.247. The van der Waals surface area contributed by atoms with Crippen LogP contribution in [0.1, 0.15) is 43.0 Å². The lowest BCUT2D eigenvalue weighted by Gasteiger charge is -2.32. The molecule has 0 saturated heterocycles. The number of hydrogen-bond acceptors (Lipinski definition) is 3. The summed E-state index contributed by atoms with van der Waals surface area (Å²) in [5.74, 6) is 0.837. The molecule has 0 amide bonds. The van der Waals surface area contributed by atoms with Gasteiger partial charge in [-0.25, -0.2) is 0 Å². The molecule has 1 aromatic heterocycles. The van der Waals surface area contributed by atoms with Crippen molar-refractivity contribution in [3.05, 3.63) is 35.6 Å². The van der Waals surface area contributed by atoms with Gasteiger partial charge in [-0.1, -0.05) is 24.5 Å². The standard InChI is InChI=1S/C16H21NO2/c1-11-5-6-13-12(9-11)10-14(19-13)15(17)16(18-2)7-3-4-8-16/h5-6,9-10,15H,3-4,7-8,17H2,1-2H3. The average Bonchev–Trinajstić information content (AvgIpc) is 3.04. The van der Waals surface area contributed by atoms with Crippen LogP contribution in [0, 0.1) is 6.92 Å². The smallest absolute Gasteiger partial charge is 0.134 e. The molecule has 102 valence electrons. The number of ether oxygens (including phenoxy) is 1. The molecule has 1 atom stereocenters. The Morgan fingerprint density at radius 3 is 2.68 bits per heavy atom. The fourth-order valence-electron chi connectivity index (χ4n) is 3.21. The molecule has 1 aromatic carbocycles. The first-order valence-electron chi connectivity index (χ1n) is 6.95. The normalized spacial score (nSPS) is 19.9. The van der Waals surface area contributed by atoms with Crippen molar-refractivity contribution in [3.8, 4) is 0 Å². The van der Waals surface area contributed by atoms with Crippen molar-refractivity contribution in [3.63, 3.8) is 0 Å². The molecule has 1 fully saturated rings. The number of rotatable bonds is 3. The van der Waals surface area contributed by atoms with Gasteiger partial charge in [0.05, 0.1) is 11.6 Å². The summed E-state index contributed by atoms with van der Waals surface area (Å²) in [6.45, 7) is 2.08. The lowest BCUT2D eigenvalue weighted by atomic mass is 9.91. The highest BCUT2D eigenvalue weighted by atomic mass is 16.5. The molecule has 3 rings (SSSR count). The molecule has 1 aliphatic carbocycles. The Labute approximate surface area is 113 Å². The molecule has 2 aromatic rings. The first kappa shape index (κ1) is 12.7. The Hall–Kier alpha value is -1.32. The van der Waals surface area contributed by atoms with E-state index in [0.717, 1.165) is 29.6 Å². The van der Waals surface area contributed by atoms with Crippen LogP contribution < -0.4 is 5.73 Å². The van der Waals surface area contributed by atoms with Crippen molar-refractivity contribution in [1.29, 1.82) is 0 Å². The number of furan rings is 1. The van der Waals surface area contributed by atoms with E-state index in [2.05, 4.69) is 25.1 Å². The second kappa shape index (κ2) is 4.66. The molecule has 1 saturated carbocycles. The van der Waals surface area contributed by atoms with E-state index in [1.54, 1.807) is 7.11 Å². The molecular formula is C16H21NO2. The highest BCUT2D eigenvalue weighted by Crippen LogP contribution is 2.42. The summed E-state index contributed by atoms with van der Waals surface area (Å²) < 4.78 is 11.7. The number of methoxy groups -OCH3 is 1. The lowest BCUT2D eigenvalue weighted by Crippen LogP contribution is -2.40. The van der Waals surface area contributed by atoms with Crippen LogP contribution in [0.2, 0.25) is 0 Å². The van der Waals surface area contributed by atoms with Gasteiger partial charge in [-0.05, 0) is 38.0 Å². The highest BCUT2D eigenvalue weighted by Gasteiger charge is 2.42. The highest BCUT2D eigenvalue weighted by molar-refractivity contribution is 5.78. The topological polar surface area (TPSA) is 48.4 Å². The fourth-order valence-corrected chi connectivity index (χ4v) is 3.21. The number of fused-ring (bicyclic) bond motifs is 1. The predicted molar refractivity (Wildman–Crippen MR) is 76.1 cm³/mol. The summed E-state index contributed by atoms with van der Waals surface area (Å²) >= 11 is 0. The third-order valence-electron chi connectivity index (χ3n) is 4.42. The third-order valence-corrected chi connectivity index (χ3v) is 4.42. The van der Waals surface area contributed by atoms with E-state index in [0.29, 0.717) is 0 Å². The zero-order valence-electron chi connectivity index (χ0n) is 11.6. The van der Waals surface area contributed by atoms with E-state index >= 15 is 0 Å². The van der Waals surface area contributed by atoms with Crippen molar-refractivity contribution in [2.45, 2.75) is 44.2 Å². The van der Waals surface area contributed by atoms with Gasteiger partial charge in [-0.3, -0.25) is 0 Å². The van der Waals surface area contributed by atoms with Crippen LogP contribution in [0.3, 0.4) is 0 Å². The van der Waals surface area contributed by atoms with Gasteiger partial charge in [0, 0.05) is 12.5 Å². The van der Waals surface area contributed by atoms with Crippen LogP contribution in [0.5, 0.6) is 0 Å². The summed E-state index contributed by atoms with van der Waals surface area (Å²) in [7, 11) is 1.76. The first-order valence-corrected chi connectivity index (χ1v) is 6.95. The van der Waals surface area contributed by atoms with Crippen LogP contribution in [-0.2, 0) is 4.74 Å². The molecular weight excluding hydrogens is 238 g/mol. The minimum absolute atomic E-state index is 0.187. The number of hydrogen-bond donors (Lipinski definition) is 1. The molecule has 3 heteroatoms. The van der Waals surface area contributed by atoms with Crippen LogP contribution in [0.15, 0.2) is 28.7 Å². The SMILES string of the molecule is COC1(C(N)c2cc3cc(C)ccc3o2)CCCC1. The van der Waals surface area contributed by atoms with Crippen molar-refractivity contribution >= 4 is 11.0 Å². The van der Waals surface area contributed by atoms with Gasteiger partial charge in [0.25, 0.3) is 0 Å². The fraction of sp³-hybridized carbons (Fsp3) is 0.500. The molecule has 0 spiro atoms. The van der Waals surface area contributed by atoms with Gasteiger partial charge in [0.1, 0.15) is 11.3 Å². The van der Waals surface area contributed by atoms with Crippen molar-refractivity contribution in [1.82, 2.24) is 0 Å². The average molecular weight is 259 g/mol. The molecule has 3 nitrogen and oxygen atoms in total. The maximum atomic E-state index is 6.43. The van der Waals surface area contributed by atoms with Gasteiger partial charge < -0.3 is 14.9 Å². The Balaban J connectivity index is 1.99. The van der Waals surface area contributed by atoms with Crippen LogP contribution in [0.25, 0.3) is 11.0 Å². The van der Waals surface area contributed by atoms with Crippen LogP contribution >= 0.6 is 0 Å². The Morgan fingerprint density at radius 1 is 1.26 bits per heavy atom. The zero-order chi connectivity index (χ0) is 13.5. The molecule has 1 heterocycles. The summed E-state index contributed by atoms with van der Waals surface area (Å²) in [4.78, 5) is 0. The van der Waals surface area contributed by atoms with Crippen LogP contribution in [0.4, 0.5) is 0 Å². The minimum Gasteiger partial charge on any atom is -0.459 e. The second-order valence-electron chi connectivity index (χ2n) is 5.64. The predicted octanol–water partition coefficient (Wildman–Crippen LogP) is 3.70. The molecule has 0 radical (unpaired) electrons. The van der Waals surface area contributed by atoms with Gasteiger partial charge in [0.2, 0.25) is 0 Å². The van der Waals surface area contributed by atoms with Crippen LogP contribution in [-0.4, -0.2) is 12.7 Å². The molecule has 1 unspecified atom stereocenters. The second-order valence-corrected chi connectivity index (χ2v) is 5.64. The Kier molecular flexibility index (Phi) is 3.11. The number of nitrogens with two attached hydrogens (primary N) is 1. The van der Waals surface area contributed by atoms with Gasteiger partial charge in [-0.2, -0.15) is 0 Å². The third kappa shape index (κ3) is 2.07. The number of benzene rings is 1. The largest absolute Gasteiger partial charge is 0.459 e. The van der Waals surface area contributed by atoms with Crippen molar-refractivity contribution < 1.29 is 9.15 Å². The van der Waals surface area contributed by atoms with E-state index in [1.165, 1.54) is 18.4 Å². The molecule has 0 aliphatic heterocycles. The summed E-state index contributed by atoms with van der Waals surface area (Å²) in [5.41, 5.74) is 8.32. The molecule has 19 heavy (non-hydrogen) atoms. The maximum absolute atomic E-state index is 6.43. The maximum Gasteiger partial charge on any atom is 0.134 e. The number of aryl methyl sites for hydroxylation is 1. The van der Waals surface area contributed by atoms with Gasteiger partial charge >= 0.3 is 0 Å². The summed E-state index contributed by atoms with van der Waals surface area (Å²) in [6, 6.07) is 8.07. The molecule has 0 bridgehead atoms. The van der Waals surface area contributed by atoms with E-state index < -0.39 is 0 Å². The zero-order valence-corrected chi connectivity index (χ0v) is 11.6. The Bertz CT molecular complexity index is 581. The molecule has 2 N–H and O–H groups in total. The van der Waals surface area contributed by atoms with Crippen molar-refractivity contribution in [2.24, 2.45) is 5.73 Å².